The molecule has 3 rings (SSSR count). The van der Waals surface area contributed by atoms with Crippen molar-refractivity contribution in [3.8, 4) is 0 Å². The smallest absolute Gasteiger partial charge is 0.191 e. The zero-order chi connectivity index (χ0) is 20.9. The Morgan fingerprint density at radius 1 is 1.07 bits per heavy atom. The summed E-state index contributed by atoms with van der Waals surface area (Å²) in [6, 6.07) is 10.4. The Kier molecular flexibility index (Phi) is 9.73. The molecule has 1 heterocycles. The molecule has 1 aliphatic rings. The summed E-state index contributed by atoms with van der Waals surface area (Å²) in [5.74, 6) is 0.849. The van der Waals surface area contributed by atoms with Crippen molar-refractivity contribution in [2.24, 2.45) is 4.99 Å². The molecule has 0 spiro atoms. The minimum atomic E-state index is 0.524. The number of aromatic nitrogens is 2. The molecule has 1 saturated carbocycles. The van der Waals surface area contributed by atoms with Crippen LogP contribution in [0.1, 0.15) is 62.5 Å². The van der Waals surface area contributed by atoms with Gasteiger partial charge in [0, 0.05) is 39.1 Å². The van der Waals surface area contributed by atoms with Gasteiger partial charge in [-0.3, -0.25) is 9.67 Å². The van der Waals surface area contributed by atoms with Crippen molar-refractivity contribution in [2.75, 3.05) is 20.2 Å². The molecule has 0 amide bonds. The van der Waals surface area contributed by atoms with Crippen LogP contribution in [0.3, 0.4) is 0 Å². The summed E-state index contributed by atoms with van der Waals surface area (Å²) in [4.78, 5) is 4.36. The van der Waals surface area contributed by atoms with Crippen molar-refractivity contribution in [3.05, 3.63) is 53.9 Å². The predicted molar refractivity (Wildman–Crippen MR) is 123 cm³/mol. The molecular weight excluding hydrogens is 374 g/mol. The first-order valence-electron chi connectivity index (χ1n) is 11.5. The number of guanidine groups is 1. The predicted octanol–water partition coefficient (Wildman–Crippen LogP) is 4.12. The molecular formula is C24H37N5O. The minimum Gasteiger partial charge on any atom is -0.378 e. The summed E-state index contributed by atoms with van der Waals surface area (Å²) < 4.78 is 7.95. The van der Waals surface area contributed by atoms with Crippen LogP contribution >= 0.6 is 0 Å². The van der Waals surface area contributed by atoms with Gasteiger partial charge in [0.1, 0.15) is 0 Å². The second kappa shape index (κ2) is 13.1. The van der Waals surface area contributed by atoms with Crippen molar-refractivity contribution >= 4 is 5.96 Å². The molecule has 1 aromatic carbocycles. The fraction of sp³-hybridized carbons (Fsp3) is 0.583. The Morgan fingerprint density at radius 2 is 1.90 bits per heavy atom. The van der Waals surface area contributed by atoms with E-state index in [1.807, 2.05) is 30.2 Å². The molecule has 0 saturated heterocycles. The highest BCUT2D eigenvalue weighted by atomic mass is 16.5. The van der Waals surface area contributed by atoms with E-state index in [2.05, 4.69) is 45.0 Å². The average Bonchev–Trinajstić information content (AvgIpc) is 3.30. The molecule has 0 radical (unpaired) electrons. The van der Waals surface area contributed by atoms with Crippen LogP contribution in [-0.4, -0.2) is 42.0 Å². The number of aliphatic imine (C=N–C) groups is 1. The lowest BCUT2D eigenvalue weighted by molar-refractivity contribution is 0.0264. The van der Waals surface area contributed by atoms with E-state index in [1.54, 1.807) is 0 Å². The van der Waals surface area contributed by atoms with E-state index < -0.39 is 0 Å². The van der Waals surface area contributed by atoms with Crippen molar-refractivity contribution < 1.29 is 4.74 Å². The van der Waals surface area contributed by atoms with Gasteiger partial charge in [-0.25, -0.2) is 0 Å². The van der Waals surface area contributed by atoms with Gasteiger partial charge < -0.3 is 15.4 Å². The second-order valence-corrected chi connectivity index (χ2v) is 8.02. The molecule has 0 atom stereocenters. The lowest BCUT2D eigenvalue weighted by atomic mass is 9.98. The van der Waals surface area contributed by atoms with Crippen LogP contribution in [0.5, 0.6) is 0 Å². The van der Waals surface area contributed by atoms with Gasteiger partial charge in [0.2, 0.25) is 0 Å². The summed E-state index contributed by atoms with van der Waals surface area (Å²) in [5.41, 5.74) is 2.53. The molecule has 0 aliphatic heterocycles. The van der Waals surface area contributed by atoms with Crippen molar-refractivity contribution in [3.63, 3.8) is 0 Å². The topological polar surface area (TPSA) is 63.5 Å². The monoisotopic (exact) mass is 411 g/mol. The number of hydrogen-bond donors (Lipinski definition) is 2. The van der Waals surface area contributed by atoms with Crippen LogP contribution in [-0.2, 0) is 17.8 Å². The molecule has 6 nitrogen and oxygen atoms in total. The Morgan fingerprint density at radius 3 is 2.67 bits per heavy atom. The van der Waals surface area contributed by atoms with Crippen molar-refractivity contribution in [1.82, 2.24) is 20.4 Å². The van der Waals surface area contributed by atoms with E-state index in [0.29, 0.717) is 6.10 Å². The summed E-state index contributed by atoms with van der Waals surface area (Å²) in [5, 5.41) is 11.2. The van der Waals surface area contributed by atoms with Crippen LogP contribution in [0.4, 0.5) is 0 Å². The van der Waals surface area contributed by atoms with Gasteiger partial charge in [-0.15, -0.1) is 0 Å². The zero-order valence-electron chi connectivity index (χ0n) is 18.4. The number of hydrogen-bond acceptors (Lipinski definition) is 3. The Labute approximate surface area is 181 Å². The molecule has 2 N–H and O–H groups in total. The highest BCUT2D eigenvalue weighted by Gasteiger charge is 2.12. The molecule has 164 valence electrons. The minimum absolute atomic E-state index is 0.524. The lowest BCUT2D eigenvalue weighted by Gasteiger charge is -2.21. The van der Waals surface area contributed by atoms with Gasteiger partial charge >= 0.3 is 0 Å². The first-order chi connectivity index (χ1) is 14.8. The van der Waals surface area contributed by atoms with E-state index in [-0.39, 0.29) is 0 Å². The third-order valence-corrected chi connectivity index (χ3v) is 5.70. The third-order valence-electron chi connectivity index (χ3n) is 5.70. The molecule has 0 bridgehead atoms. The first kappa shape index (κ1) is 22.3. The van der Waals surface area contributed by atoms with Crippen LogP contribution in [0.15, 0.2) is 47.7 Å². The number of rotatable bonds is 11. The van der Waals surface area contributed by atoms with Crippen molar-refractivity contribution in [1.29, 1.82) is 0 Å². The van der Waals surface area contributed by atoms with Crippen LogP contribution < -0.4 is 10.6 Å². The maximum atomic E-state index is 6.01. The zero-order valence-corrected chi connectivity index (χ0v) is 18.4. The molecule has 30 heavy (non-hydrogen) atoms. The molecule has 2 aromatic rings. The Hall–Kier alpha value is -2.34. The van der Waals surface area contributed by atoms with Gasteiger partial charge in [0.15, 0.2) is 5.96 Å². The van der Waals surface area contributed by atoms with Gasteiger partial charge in [-0.05, 0) is 49.3 Å². The van der Waals surface area contributed by atoms with Crippen LogP contribution in [0.2, 0.25) is 0 Å². The number of nitrogens with zero attached hydrogens (tertiary/aromatic N) is 3. The average molecular weight is 412 g/mol. The molecule has 1 aromatic heterocycles. The molecule has 0 unspecified atom stereocenters. The van der Waals surface area contributed by atoms with Crippen molar-refractivity contribution in [2.45, 2.75) is 70.6 Å². The van der Waals surface area contributed by atoms with E-state index in [9.17, 15) is 0 Å². The number of nitrogens with one attached hydrogen (secondary N) is 2. The standard InChI is InChI=1S/C24H37N5O/c1-25-24(26-15-8-3-9-18-30-23-13-4-2-5-14-23)27-19-21-11-6-7-12-22(21)20-29-17-10-16-28-29/h6-7,10-12,16-17,23H,2-5,8-9,13-15,18-20H2,1H3,(H2,25,26,27). The summed E-state index contributed by atoms with van der Waals surface area (Å²) in [7, 11) is 1.82. The summed E-state index contributed by atoms with van der Waals surface area (Å²) >= 11 is 0. The summed E-state index contributed by atoms with van der Waals surface area (Å²) in [6.45, 7) is 3.36. The highest BCUT2D eigenvalue weighted by molar-refractivity contribution is 5.79. The van der Waals surface area contributed by atoms with Gasteiger partial charge in [-0.2, -0.15) is 5.10 Å². The Balaban J connectivity index is 1.30. The Bertz CT molecular complexity index is 738. The van der Waals surface area contributed by atoms with E-state index >= 15 is 0 Å². The lowest BCUT2D eigenvalue weighted by Crippen LogP contribution is -2.37. The maximum absolute atomic E-state index is 6.01. The van der Waals surface area contributed by atoms with Crippen LogP contribution in [0.25, 0.3) is 0 Å². The van der Waals surface area contributed by atoms with Crippen LogP contribution in [0, 0.1) is 0 Å². The summed E-state index contributed by atoms with van der Waals surface area (Å²) in [6.07, 6.45) is 14.4. The largest absolute Gasteiger partial charge is 0.378 e. The number of ether oxygens (including phenoxy) is 1. The van der Waals surface area contributed by atoms with Gasteiger partial charge in [0.25, 0.3) is 0 Å². The molecule has 1 aliphatic carbocycles. The molecule has 1 fully saturated rings. The van der Waals surface area contributed by atoms with Gasteiger partial charge in [0.05, 0.1) is 12.6 Å². The fourth-order valence-corrected chi connectivity index (χ4v) is 3.94. The third kappa shape index (κ3) is 7.82. The maximum Gasteiger partial charge on any atom is 0.191 e. The second-order valence-electron chi connectivity index (χ2n) is 8.02. The van der Waals surface area contributed by atoms with E-state index in [1.165, 1.54) is 49.7 Å². The van der Waals surface area contributed by atoms with Gasteiger partial charge in [-0.1, -0.05) is 43.5 Å². The number of unbranched alkanes of at least 4 members (excludes halogenated alkanes) is 2. The number of benzene rings is 1. The fourth-order valence-electron chi connectivity index (χ4n) is 3.94. The first-order valence-corrected chi connectivity index (χ1v) is 11.5. The quantitative estimate of drug-likeness (QED) is 0.332. The normalized spacial score (nSPS) is 15.3. The highest BCUT2D eigenvalue weighted by Crippen LogP contribution is 2.20. The van der Waals surface area contributed by atoms with E-state index in [4.69, 9.17) is 4.74 Å². The SMILES string of the molecule is CN=C(NCCCCCOC1CCCCC1)NCc1ccccc1Cn1cccn1. The molecule has 6 heteroatoms. The van der Waals surface area contributed by atoms with E-state index in [0.717, 1.165) is 45.0 Å².